The van der Waals surface area contributed by atoms with E-state index in [0.717, 1.165) is 36.2 Å². The molecule has 1 rings (SSSR count). The maximum Gasteiger partial charge on any atom is 0.188 e. The molecule has 1 aromatic carbocycles. The summed E-state index contributed by atoms with van der Waals surface area (Å²) in [4.78, 5) is 4.27. The summed E-state index contributed by atoms with van der Waals surface area (Å²) in [6.45, 7) is 4.87. The fraction of sp³-hybridized carbons (Fsp3) is 0.462. The number of hydrogen-bond donors (Lipinski definition) is 2. The number of aliphatic imine (C=N–C) groups is 1. The fourth-order valence-electron chi connectivity index (χ4n) is 1.40. The third-order valence-electron chi connectivity index (χ3n) is 2.30. The van der Waals surface area contributed by atoms with E-state index in [1.165, 1.54) is 0 Å². The summed E-state index contributed by atoms with van der Waals surface area (Å²) >= 11 is 3.43. The number of hydrogen-bond acceptors (Lipinski definition) is 2. The Kier molecular flexibility index (Phi) is 11.3. The first-order chi connectivity index (χ1) is 8.72. The molecule has 4 nitrogen and oxygen atoms in total. The van der Waals surface area contributed by atoms with Crippen molar-refractivity contribution in [1.29, 1.82) is 0 Å². The highest BCUT2D eigenvalue weighted by Crippen LogP contribution is 2.12. The Morgan fingerprint density at radius 2 is 2.26 bits per heavy atom. The molecule has 0 atom stereocenters. The molecule has 0 unspecified atom stereocenters. The van der Waals surface area contributed by atoms with Crippen LogP contribution >= 0.6 is 39.9 Å². The van der Waals surface area contributed by atoms with Crippen LogP contribution in [0.2, 0.25) is 0 Å². The highest BCUT2D eigenvalue weighted by atomic mass is 127. The topological polar surface area (TPSA) is 59.6 Å². The van der Waals surface area contributed by atoms with Gasteiger partial charge in [-0.05, 0) is 31.0 Å². The summed E-state index contributed by atoms with van der Waals surface area (Å²) in [5.41, 5.74) is 6.89. The van der Waals surface area contributed by atoms with Gasteiger partial charge in [0.05, 0.1) is 6.54 Å². The molecule has 0 aromatic heterocycles. The molecular formula is C13H21BrIN3O. The van der Waals surface area contributed by atoms with Gasteiger partial charge in [-0.2, -0.15) is 0 Å². The van der Waals surface area contributed by atoms with Crippen LogP contribution in [0.5, 0.6) is 0 Å². The second-order valence-electron chi connectivity index (χ2n) is 3.81. The highest BCUT2D eigenvalue weighted by molar-refractivity contribution is 14.0. The lowest BCUT2D eigenvalue weighted by molar-refractivity contribution is 0.145. The van der Waals surface area contributed by atoms with Crippen LogP contribution in [0.4, 0.5) is 0 Å². The normalized spacial score (nSPS) is 10.9. The molecule has 0 spiro atoms. The van der Waals surface area contributed by atoms with E-state index in [1.807, 2.05) is 31.2 Å². The molecule has 1 aromatic rings. The van der Waals surface area contributed by atoms with E-state index in [1.54, 1.807) is 0 Å². The Hall–Kier alpha value is -0.340. The zero-order valence-corrected chi connectivity index (χ0v) is 15.0. The van der Waals surface area contributed by atoms with Gasteiger partial charge in [0.15, 0.2) is 5.96 Å². The molecule has 19 heavy (non-hydrogen) atoms. The predicted molar refractivity (Wildman–Crippen MR) is 94.0 cm³/mol. The Balaban J connectivity index is 0.00000324. The van der Waals surface area contributed by atoms with E-state index < -0.39 is 0 Å². The van der Waals surface area contributed by atoms with Crippen LogP contribution in [-0.2, 0) is 11.3 Å². The van der Waals surface area contributed by atoms with Gasteiger partial charge >= 0.3 is 0 Å². The molecule has 6 heteroatoms. The molecule has 0 saturated heterocycles. The second kappa shape index (κ2) is 11.5. The van der Waals surface area contributed by atoms with Crippen LogP contribution in [0.1, 0.15) is 18.9 Å². The number of ether oxygens (including phenoxy) is 1. The molecule has 0 aliphatic heterocycles. The standard InChI is InChI=1S/C13H20BrN3O.HI/c1-2-18-8-4-7-16-13(15)17-10-11-5-3-6-12(14)9-11;/h3,5-6,9H,2,4,7-8,10H2,1H3,(H3,15,16,17);1H. The van der Waals surface area contributed by atoms with Crippen LogP contribution in [0.3, 0.4) is 0 Å². The first-order valence-corrected chi connectivity index (χ1v) is 6.87. The minimum absolute atomic E-state index is 0. The van der Waals surface area contributed by atoms with Gasteiger partial charge in [-0.25, -0.2) is 4.99 Å². The summed E-state index contributed by atoms with van der Waals surface area (Å²) < 4.78 is 6.29. The van der Waals surface area contributed by atoms with Crippen LogP contribution in [0.25, 0.3) is 0 Å². The Morgan fingerprint density at radius 1 is 1.47 bits per heavy atom. The first-order valence-electron chi connectivity index (χ1n) is 6.08. The molecule has 108 valence electrons. The molecule has 0 bridgehead atoms. The lowest BCUT2D eigenvalue weighted by Gasteiger charge is -2.05. The monoisotopic (exact) mass is 441 g/mol. The number of nitrogens with two attached hydrogens (primary N) is 1. The second-order valence-corrected chi connectivity index (χ2v) is 4.72. The summed E-state index contributed by atoms with van der Waals surface area (Å²) in [6, 6.07) is 8.03. The van der Waals surface area contributed by atoms with Crippen molar-refractivity contribution in [3.63, 3.8) is 0 Å². The van der Waals surface area contributed by atoms with Crippen molar-refractivity contribution in [3.8, 4) is 0 Å². The van der Waals surface area contributed by atoms with Gasteiger partial charge in [0.25, 0.3) is 0 Å². The van der Waals surface area contributed by atoms with Gasteiger partial charge in [-0.1, -0.05) is 28.1 Å². The van der Waals surface area contributed by atoms with E-state index in [4.69, 9.17) is 10.5 Å². The van der Waals surface area contributed by atoms with Crippen molar-refractivity contribution in [2.45, 2.75) is 19.9 Å². The molecule has 0 aliphatic carbocycles. The van der Waals surface area contributed by atoms with E-state index in [-0.39, 0.29) is 24.0 Å². The summed E-state index contributed by atoms with van der Waals surface area (Å²) in [7, 11) is 0. The lowest BCUT2D eigenvalue weighted by atomic mass is 10.2. The Morgan fingerprint density at radius 3 is 2.95 bits per heavy atom. The summed E-state index contributed by atoms with van der Waals surface area (Å²) in [5, 5.41) is 3.06. The van der Waals surface area contributed by atoms with Crippen LogP contribution in [0, 0.1) is 0 Å². The molecule has 0 heterocycles. The molecule has 0 fully saturated rings. The van der Waals surface area contributed by atoms with Gasteiger partial charge < -0.3 is 15.8 Å². The average molecular weight is 442 g/mol. The van der Waals surface area contributed by atoms with E-state index in [0.29, 0.717) is 12.5 Å². The van der Waals surface area contributed by atoms with Gasteiger partial charge in [-0.3, -0.25) is 0 Å². The molecular weight excluding hydrogens is 421 g/mol. The predicted octanol–water partition coefficient (Wildman–Crippen LogP) is 2.90. The largest absolute Gasteiger partial charge is 0.382 e. The quantitative estimate of drug-likeness (QED) is 0.296. The fourth-order valence-corrected chi connectivity index (χ4v) is 1.85. The minimum Gasteiger partial charge on any atom is -0.382 e. The molecule has 0 amide bonds. The number of nitrogens with one attached hydrogen (secondary N) is 1. The zero-order chi connectivity index (χ0) is 13.2. The van der Waals surface area contributed by atoms with Gasteiger partial charge in [-0.15, -0.1) is 24.0 Å². The van der Waals surface area contributed by atoms with Gasteiger partial charge in [0.1, 0.15) is 0 Å². The number of guanidine groups is 1. The molecule has 0 radical (unpaired) electrons. The smallest absolute Gasteiger partial charge is 0.188 e. The third kappa shape index (κ3) is 9.23. The summed E-state index contributed by atoms with van der Waals surface area (Å²) in [5.74, 6) is 0.478. The molecule has 0 aliphatic rings. The van der Waals surface area contributed by atoms with E-state index in [2.05, 4.69) is 26.2 Å². The minimum atomic E-state index is 0. The van der Waals surface area contributed by atoms with Gasteiger partial charge in [0, 0.05) is 24.2 Å². The van der Waals surface area contributed by atoms with E-state index >= 15 is 0 Å². The van der Waals surface area contributed by atoms with Crippen molar-refractivity contribution in [2.75, 3.05) is 19.8 Å². The zero-order valence-electron chi connectivity index (χ0n) is 11.1. The molecule has 0 saturated carbocycles. The number of rotatable bonds is 7. The SMILES string of the molecule is CCOCCCNC(N)=NCc1cccc(Br)c1.I. The van der Waals surface area contributed by atoms with Crippen molar-refractivity contribution in [3.05, 3.63) is 34.3 Å². The lowest BCUT2D eigenvalue weighted by Crippen LogP contribution is -2.32. The Labute approximate surface area is 140 Å². The third-order valence-corrected chi connectivity index (χ3v) is 2.79. The van der Waals surface area contributed by atoms with Crippen LogP contribution in [-0.4, -0.2) is 25.7 Å². The highest BCUT2D eigenvalue weighted by Gasteiger charge is 1.94. The number of halogens is 2. The maximum atomic E-state index is 5.76. The first kappa shape index (κ1) is 18.7. The Bertz CT molecular complexity index is 388. The maximum absolute atomic E-state index is 5.76. The molecule has 3 N–H and O–H groups in total. The van der Waals surface area contributed by atoms with Crippen LogP contribution < -0.4 is 11.1 Å². The van der Waals surface area contributed by atoms with Gasteiger partial charge in [0.2, 0.25) is 0 Å². The number of benzene rings is 1. The van der Waals surface area contributed by atoms with Crippen molar-refractivity contribution < 1.29 is 4.74 Å². The van der Waals surface area contributed by atoms with Crippen molar-refractivity contribution >= 4 is 45.9 Å². The van der Waals surface area contributed by atoms with Crippen molar-refractivity contribution in [2.24, 2.45) is 10.7 Å². The number of nitrogens with zero attached hydrogens (tertiary/aromatic N) is 1. The van der Waals surface area contributed by atoms with Crippen molar-refractivity contribution in [1.82, 2.24) is 5.32 Å². The van der Waals surface area contributed by atoms with E-state index in [9.17, 15) is 0 Å². The van der Waals surface area contributed by atoms with Crippen LogP contribution in [0.15, 0.2) is 33.7 Å². The average Bonchev–Trinajstić information content (AvgIpc) is 2.36. The summed E-state index contributed by atoms with van der Waals surface area (Å²) in [6.07, 6.45) is 0.931.